The fourth-order valence-electron chi connectivity index (χ4n) is 5.37. The second kappa shape index (κ2) is 13.6. The summed E-state index contributed by atoms with van der Waals surface area (Å²) >= 11 is 0. The highest BCUT2D eigenvalue weighted by Crippen LogP contribution is 2.39. The molecule has 0 aromatic heterocycles. The summed E-state index contributed by atoms with van der Waals surface area (Å²) in [5.41, 5.74) is 7.02. The van der Waals surface area contributed by atoms with Crippen molar-refractivity contribution in [3.63, 3.8) is 0 Å². The normalized spacial score (nSPS) is 20.4. The van der Waals surface area contributed by atoms with E-state index >= 15 is 0 Å². The van der Waals surface area contributed by atoms with Crippen LogP contribution in [0.3, 0.4) is 0 Å². The van der Waals surface area contributed by atoms with Gasteiger partial charge in [0.15, 0.2) is 6.10 Å². The van der Waals surface area contributed by atoms with Crippen molar-refractivity contribution in [3.05, 3.63) is 29.8 Å². The summed E-state index contributed by atoms with van der Waals surface area (Å²) in [6, 6.07) is 6.33. The number of nitrogens with two attached hydrogens (primary N) is 2. The highest BCUT2D eigenvalue weighted by molar-refractivity contribution is 6.05. The minimum atomic E-state index is -2.28. The molecule has 2 heterocycles. The number of rotatable bonds is 12. The first-order valence-corrected chi connectivity index (χ1v) is 15.0. The molecule has 0 radical (unpaired) electrons. The zero-order chi connectivity index (χ0) is 33.8. The second-order valence-electron chi connectivity index (χ2n) is 13.7. The summed E-state index contributed by atoms with van der Waals surface area (Å²) in [5.74, 6) is -3.45. The lowest BCUT2D eigenvalue weighted by Crippen LogP contribution is -2.59. The van der Waals surface area contributed by atoms with Crippen LogP contribution in [0.25, 0.3) is 0 Å². The van der Waals surface area contributed by atoms with Crippen LogP contribution in [0.15, 0.2) is 24.3 Å². The van der Waals surface area contributed by atoms with Gasteiger partial charge in [-0.1, -0.05) is 12.1 Å². The van der Waals surface area contributed by atoms with Gasteiger partial charge in [-0.05, 0) is 91.1 Å². The maximum absolute atomic E-state index is 13.6. The first kappa shape index (κ1) is 35.6. The highest BCUT2D eigenvalue weighted by atomic mass is 16.6. The monoisotopic (exact) mass is 633 g/mol. The topological polar surface area (TPSA) is 217 Å². The van der Waals surface area contributed by atoms with Gasteiger partial charge in [0.2, 0.25) is 5.54 Å². The Balaban J connectivity index is 1.68. The smallest absolute Gasteiger partial charge is 0.410 e. The van der Waals surface area contributed by atoms with Crippen molar-refractivity contribution in [2.45, 2.75) is 83.6 Å². The molecule has 3 atom stereocenters. The average Bonchev–Trinajstić information content (AvgIpc) is 3.28. The van der Waals surface area contributed by atoms with Gasteiger partial charge in [0.1, 0.15) is 34.8 Å². The van der Waals surface area contributed by atoms with E-state index in [1.807, 2.05) is 0 Å². The molecule has 2 fully saturated rings. The Morgan fingerprint density at radius 1 is 1.02 bits per heavy atom. The van der Waals surface area contributed by atoms with Gasteiger partial charge < -0.3 is 45.7 Å². The molecule has 2 aliphatic heterocycles. The number of carbonyl (C=O) groups is 4. The Kier molecular flexibility index (Phi) is 10.8. The van der Waals surface area contributed by atoms with E-state index in [2.05, 4.69) is 5.32 Å². The Hall–Kier alpha value is -3.91. The third kappa shape index (κ3) is 8.85. The van der Waals surface area contributed by atoms with Gasteiger partial charge in [0, 0.05) is 13.0 Å². The first-order valence-electron chi connectivity index (χ1n) is 15.0. The SMILES string of the molecule is CC(C)(C)OC(=O)C(N)(Cc1ccc(OCC2CN(CC(C(=N)N)(C(=O)OC(C)(C)C)C3CCNCC3)C(=O)O2)cc1)C(=O)O. The molecule has 45 heavy (non-hydrogen) atoms. The fraction of sp³-hybridized carbons (Fsp3) is 0.645. The molecule has 0 aliphatic carbocycles. The third-order valence-electron chi connectivity index (χ3n) is 7.66. The Morgan fingerprint density at radius 3 is 2.09 bits per heavy atom. The summed E-state index contributed by atoms with van der Waals surface area (Å²) in [6.07, 6.45) is -0.472. The Bertz CT molecular complexity index is 1270. The average molecular weight is 634 g/mol. The molecule has 250 valence electrons. The molecule has 3 unspecified atom stereocenters. The number of carbonyl (C=O) groups excluding carboxylic acids is 3. The minimum Gasteiger partial charge on any atom is -0.490 e. The zero-order valence-electron chi connectivity index (χ0n) is 26.9. The molecule has 14 nitrogen and oxygen atoms in total. The predicted molar refractivity (Wildman–Crippen MR) is 164 cm³/mol. The van der Waals surface area contributed by atoms with Crippen molar-refractivity contribution in [3.8, 4) is 5.75 Å². The van der Waals surface area contributed by atoms with Crippen LogP contribution in [0.4, 0.5) is 4.79 Å². The summed E-state index contributed by atoms with van der Waals surface area (Å²) in [6.45, 7) is 11.3. The number of hydrogen-bond acceptors (Lipinski definition) is 11. The molecular weight excluding hydrogens is 586 g/mol. The predicted octanol–water partition coefficient (Wildman–Crippen LogP) is 1.82. The lowest BCUT2D eigenvalue weighted by molar-refractivity contribution is -0.170. The number of carboxylic acids is 1. The van der Waals surface area contributed by atoms with Crippen molar-refractivity contribution in [1.82, 2.24) is 10.2 Å². The number of nitrogens with zero attached hydrogens (tertiary/aromatic N) is 1. The number of ether oxygens (including phenoxy) is 4. The maximum atomic E-state index is 13.6. The zero-order valence-corrected chi connectivity index (χ0v) is 26.9. The molecule has 2 aliphatic rings. The number of amidine groups is 1. The number of esters is 2. The van der Waals surface area contributed by atoms with Crippen LogP contribution in [0.5, 0.6) is 5.75 Å². The van der Waals surface area contributed by atoms with Crippen LogP contribution in [0.2, 0.25) is 0 Å². The van der Waals surface area contributed by atoms with E-state index in [4.69, 9.17) is 35.8 Å². The highest BCUT2D eigenvalue weighted by Gasteiger charge is 2.54. The van der Waals surface area contributed by atoms with Crippen molar-refractivity contribution in [1.29, 1.82) is 5.41 Å². The van der Waals surface area contributed by atoms with Crippen LogP contribution >= 0.6 is 0 Å². The largest absolute Gasteiger partial charge is 0.490 e. The van der Waals surface area contributed by atoms with Crippen molar-refractivity contribution in [2.75, 3.05) is 32.8 Å². The van der Waals surface area contributed by atoms with E-state index in [9.17, 15) is 24.3 Å². The van der Waals surface area contributed by atoms with E-state index in [1.54, 1.807) is 65.8 Å². The molecule has 3 rings (SSSR count). The number of hydrogen-bond donors (Lipinski definition) is 5. The molecule has 14 heteroatoms. The van der Waals surface area contributed by atoms with Gasteiger partial charge in [0.05, 0.1) is 6.54 Å². The summed E-state index contributed by atoms with van der Waals surface area (Å²) in [7, 11) is 0. The minimum absolute atomic E-state index is 0.0116. The number of piperidine rings is 1. The summed E-state index contributed by atoms with van der Waals surface area (Å²) in [5, 5.41) is 21.4. The van der Waals surface area contributed by atoms with E-state index in [1.165, 1.54) is 4.90 Å². The van der Waals surface area contributed by atoms with Crippen LogP contribution in [0.1, 0.15) is 59.9 Å². The summed E-state index contributed by atoms with van der Waals surface area (Å²) in [4.78, 5) is 52.4. The second-order valence-corrected chi connectivity index (χ2v) is 13.7. The van der Waals surface area contributed by atoms with Gasteiger partial charge >= 0.3 is 24.0 Å². The van der Waals surface area contributed by atoms with Crippen LogP contribution in [0, 0.1) is 16.7 Å². The van der Waals surface area contributed by atoms with Gasteiger partial charge in [-0.15, -0.1) is 0 Å². The first-order chi connectivity index (χ1) is 20.8. The lowest BCUT2D eigenvalue weighted by atomic mass is 9.69. The molecular formula is C31H47N5O9. The number of carboxylic acid groups (broad SMARTS) is 1. The molecule has 7 N–H and O–H groups in total. The lowest BCUT2D eigenvalue weighted by Gasteiger charge is -2.42. The number of amides is 1. The Morgan fingerprint density at radius 2 is 1.58 bits per heavy atom. The molecule has 2 saturated heterocycles. The van der Waals surface area contributed by atoms with E-state index in [0.717, 1.165) is 0 Å². The van der Waals surface area contributed by atoms with Crippen LogP contribution < -0.4 is 21.5 Å². The molecule has 1 aromatic carbocycles. The van der Waals surface area contributed by atoms with E-state index < -0.39 is 52.3 Å². The third-order valence-corrected chi connectivity index (χ3v) is 7.66. The van der Waals surface area contributed by atoms with Gasteiger partial charge in [-0.2, -0.15) is 0 Å². The van der Waals surface area contributed by atoms with Gasteiger partial charge in [-0.3, -0.25) is 10.2 Å². The van der Waals surface area contributed by atoms with Crippen LogP contribution in [-0.2, 0) is 35.0 Å². The summed E-state index contributed by atoms with van der Waals surface area (Å²) < 4.78 is 22.3. The molecule has 1 amide bonds. The maximum Gasteiger partial charge on any atom is 0.410 e. The number of nitrogens with one attached hydrogen (secondary N) is 2. The van der Waals surface area contributed by atoms with Gasteiger partial charge in [0.25, 0.3) is 0 Å². The van der Waals surface area contributed by atoms with Gasteiger partial charge in [-0.25, -0.2) is 14.4 Å². The van der Waals surface area contributed by atoms with E-state index in [-0.39, 0.29) is 37.9 Å². The van der Waals surface area contributed by atoms with Crippen LogP contribution in [-0.4, -0.2) is 95.5 Å². The number of benzene rings is 1. The van der Waals surface area contributed by atoms with Crippen molar-refractivity contribution < 1.29 is 43.2 Å². The number of cyclic esters (lactones) is 1. The molecule has 0 saturated carbocycles. The molecule has 0 spiro atoms. The standard InChI is InChI=1S/C31H47N5O9/c1-28(2,3)44-25(39)30(23(32)33,20-11-13-35-14-12-20)18-36-16-22(43-27(36)41)17-42-21-9-7-19(8-10-21)15-31(34,24(37)38)26(40)45-29(4,5)6/h7-10,20,22,35H,11-18,34H2,1-6H3,(H3,32,33)(H,37,38). The Labute approximate surface area is 263 Å². The number of aliphatic carboxylic acids is 1. The molecule has 0 bridgehead atoms. The van der Waals surface area contributed by atoms with E-state index in [0.29, 0.717) is 37.2 Å². The molecule has 1 aromatic rings. The fourth-order valence-corrected chi connectivity index (χ4v) is 5.37. The van der Waals surface area contributed by atoms with Crippen molar-refractivity contribution in [2.24, 2.45) is 22.8 Å². The quantitative estimate of drug-likeness (QED) is 0.0732. The van der Waals surface area contributed by atoms with Crippen molar-refractivity contribution >= 4 is 29.8 Å².